The minimum atomic E-state index is 0.809. The topological polar surface area (TPSA) is 35.2 Å². The van der Waals surface area contributed by atoms with Crippen LogP contribution in [0.4, 0.5) is 17.1 Å². The predicted molar refractivity (Wildman–Crippen MR) is 171 cm³/mol. The average Bonchev–Trinajstić information content (AvgIpc) is 3.42. The van der Waals surface area contributed by atoms with Gasteiger partial charge in [-0.15, -0.1) is 0 Å². The van der Waals surface area contributed by atoms with Crippen LogP contribution in [0.2, 0.25) is 0 Å². The summed E-state index contributed by atoms with van der Waals surface area (Å²) in [5, 5.41) is 1.31. The standard InChI is InChI=1S/C37H36N4/c1-28-10-16-33(17-11-28)41(34-18-12-29(2)13-19-34)35-20-14-30(15-21-35)26-40(27-32-7-5-6-23-38-32)24-22-31-25-39-37-9-4-3-8-36(31)37/h3-21,23,25,39H,22,24,26-27H2,1-2H3. The molecular weight excluding hydrogens is 500 g/mol. The van der Waals surface area contributed by atoms with Crippen molar-refractivity contribution in [2.75, 3.05) is 11.4 Å². The Morgan fingerprint density at radius 2 is 1.24 bits per heavy atom. The second-order valence-corrected chi connectivity index (χ2v) is 10.8. The Hall–Kier alpha value is -4.67. The molecule has 4 nitrogen and oxygen atoms in total. The van der Waals surface area contributed by atoms with E-state index in [1.165, 1.54) is 33.2 Å². The van der Waals surface area contributed by atoms with Crippen molar-refractivity contribution < 1.29 is 0 Å². The molecular formula is C37H36N4. The Labute approximate surface area is 242 Å². The number of benzene rings is 4. The molecule has 0 unspecified atom stereocenters. The number of hydrogen-bond donors (Lipinski definition) is 1. The predicted octanol–water partition coefficient (Wildman–Crippen LogP) is 8.89. The highest BCUT2D eigenvalue weighted by atomic mass is 15.1. The number of pyridine rings is 1. The molecule has 0 aliphatic carbocycles. The lowest BCUT2D eigenvalue weighted by atomic mass is 10.1. The zero-order chi connectivity index (χ0) is 28.0. The van der Waals surface area contributed by atoms with E-state index in [9.17, 15) is 0 Å². The number of rotatable bonds is 10. The van der Waals surface area contributed by atoms with Gasteiger partial charge in [-0.2, -0.15) is 0 Å². The van der Waals surface area contributed by atoms with Crippen LogP contribution in [0.15, 0.2) is 128 Å². The lowest BCUT2D eigenvalue weighted by molar-refractivity contribution is 0.257. The summed E-state index contributed by atoms with van der Waals surface area (Å²) in [5.41, 5.74) is 10.9. The largest absolute Gasteiger partial charge is 0.361 e. The zero-order valence-electron chi connectivity index (χ0n) is 23.8. The fourth-order valence-corrected chi connectivity index (χ4v) is 5.40. The van der Waals surface area contributed by atoms with E-state index >= 15 is 0 Å². The van der Waals surface area contributed by atoms with Crippen LogP contribution in [0.3, 0.4) is 0 Å². The van der Waals surface area contributed by atoms with E-state index in [4.69, 9.17) is 0 Å². The molecule has 0 amide bonds. The van der Waals surface area contributed by atoms with Crippen molar-refractivity contribution in [3.05, 3.63) is 156 Å². The van der Waals surface area contributed by atoms with Gasteiger partial charge in [0.2, 0.25) is 0 Å². The van der Waals surface area contributed by atoms with Gasteiger partial charge < -0.3 is 9.88 Å². The summed E-state index contributed by atoms with van der Waals surface area (Å²) in [7, 11) is 0. The number of nitrogens with one attached hydrogen (secondary N) is 1. The van der Waals surface area contributed by atoms with E-state index in [2.05, 4.69) is 149 Å². The Bertz CT molecular complexity index is 1640. The van der Waals surface area contributed by atoms with Gasteiger partial charge in [0, 0.05) is 60.0 Å². The monoisotopic (exact) mass is 536 g/mol. The highest BCUT2D eigenvalue weighted by Gasteiger charge is 2.14. The Morgan fingerprint density at radius 1 is 0.634 bits per heavy atom. The molecule has 1 N–H and O–H groups in total. The maximum absolute atomic E-state index is 4.62. The van der Waals surface area contributed by atoms with Gasteiger partial charge in [0.15, 0.2) is 0 Å². The van der Waals surface area contributed by atoms with Crippen molar-refractivity contribution in [3.8, 4) is 0 Å². The number of nitrogens with zero attached hydrogens (tertiary/aromatic N) is 3. The van der Waals surface area contributed by atoms with Crippen LogP contribution in [-0.4, -0.2) is 21.4 Å². The van der Waals surface area contributed by atoms with Gasteiger partial charge in [-0.05, 0) is 86.0 Å². The van der Waals surface area contributed by atoms with E-state index in [0.29, 0.717) is 0 Å². The molecule has 2 heterocycles. The van der Waals surface area contributed by atoms with E-state index in [1.807, 2.05) is 12.3 Å². The lowest BCUT2D eigenvalue weighted by Gasteiger charge is -2.26. The van der Waals surface area contributed by atoms with Crippen LogP contribution < -0.4 is 4.90 Å². The van der Waals surface area contributed by atoms with Crippen LogP contribution in [0.25, 0.3) is 10.9 Å². The number of H-pyrrole nitrogens is 1. The van der Waals surface area contributed by atoms with Gasteiger partial charge in [0.05, 0.1) is 5.69 Å². The summed E-state index contributed by atoms with van der Waals surface area (Å²) in [6, 6.07) is 41.2. The quantitative estimate of drug-likeness (QED) is 0.190. The molecule has 6 aromatic rings. The molecule has 0 fully saturated rings. The highest BCUT2D eigenvalue weighted by Crippen LogP contribution is 2.35. The van der Waals surface area contributed by atoms with Crippen molar-refractivity contribution in [1.82, 2.24) is 14.9 Å². The summed E-state index contributed by atoms with van der Waals surface area (Å²) in [6.07, 6.45) is 5.01. The van der Waals surface area contributed by atoms with E-state index in [-0.39, 0.29) is 0 Å². The Balaban J connectivity index is 1.24. The van der Waals surface area contributed by atoms with Gasteiger partial charge in [-0.1, -0.05) is 71.8 Å². The molecule has 0 bridgehead atoms. The third-order valence-electron chi connectivity index (χ3n) is 7.67. The minimum Gasteiger partial charge on any atom is -0.361 e. The average molecular weight is 537 g/mol. The summed E-state index contributed by atoms with van der Waals surface area (Å²) >= 11 is 0. The molecule has 0 saturated carbocycles. The number of aryl methyl sites for hydroxylation is 2. The van der Waals surface area contributed by atoms with Gasteiger partial charge in [-0.3, -0.25) is 9.88 Å². The Morgan fingerprint density at radius 3 is 1.88 bits per heavy atom. The van der Waals surface area contributed by atoms with Gasteiger partial charge in [-0.25, -0.2) is 0 Å². The summed E-state index contributed by atoms with van der Waals surface area (Å²) in [6.45, 7) is 6.87. The summed E-state index contributed by atoms with van der Waals surface area (Å²) < 4.78 is 0. The van der Waals surface area contributed by atoms with Gasteiger partial charge in [0.1, 0.15) is 0 Å². The fraction of sp³-hybridized carbons (Fsp3) is 0.162. The molecule has 2 aromatic heterocycles. The number of fused-ring (bicyclic) bond motifs is 1. The molecule has 4 aromatic carbocycles. The molecule has 0 spiro atoms. The second-order valence-electron chi connectivity index (χ2n) is 10.8. The van der Waals surface area contributed by atoms with Gasteiger partial charge >= 0.3 is 0 Å². The maximum Gasteiger partial charge on any atom is 0.0544 e. The lowest BCUT2D eigenvalue weighted by Crippen LogP contribution is -2.25. The number of aromatic amines is 1. The highest BCUT2D eigenvalue weighted by molar-refractivity contribution is 5.83. The fourth-order valence-electron chi connectivity index (χ4n) is 5.40. The molecule has 0 aliphatic heterocycles. The third-order valence-corrected chi connectivity index (χ3v) is 7.67. The Kier molecular flexibility index (Phi) is 7.92. The van der Waals surface area contributed by atoms with Crippen LogP contribution in [0.5, 0.6) is 0 Å². The summed E-state index contributed by atoms with van der Waals surface area (Å²) in [4.78, 5) is 12.9. The van der Waals surface area contributed by atoms with Crippen molar-refractivity contribution in [2.45, 2.75) is 33.4 Å². The number of para-hydroxylation sites is 1. The maximum atomic E-state index is 4.62. The first-order valence-corrected chi connectivity index (χ1v) is 14.3. The van der Waals surface area contributed by atoms with E-state index < -0.39 is 0 Å². The van der Waals surface area contributed by atoms with Crippen molar-refractivity contribution in [3.63, 3.8) is 0 Å². The van der Waals surface area contributed by atoms with Crippen molar-refractivity contribution >= 4 is 28.0 Å². The summed E-state index contributed by atoms with van der Waals surface area (Å²) in [5.74, 6) is 0. The van der Waals surface area contributed by atoms with E-state index in [0.717, 1.165) is 48.8 Å². The molecule has 0 aliphatic rings. The number of hydrogen-bond acceptors (Lipinski definition) is 3. The first-order chi connectivity index (χ1) is 20.1. The van der Waals surface area contributed by atoms with Crippen LogP contribution >= 0.6 is 0 Å². The SMILES string of the molecule is Cc1ccc(N(c2ccc(C)cc2)c2ccc(CN(CCc3c[nH]c4ccccc34)Cc3ccccn3)cc2)cc1. The molecule has 0 radical (unpaired) electrons. The van der Waals surface area contributed by atoms with Crippen molar-refractivity contribution in [1.29, 1.82) is 0 Å². The normalized spacial score (nSPS) is 11.3. The van der Waals surface area contributed by atoms with Crippen LogP contribution in [0.1, 0.15) is 27.9 Å². The van der Waals surface area contributed by atoms with E-state index in [1.54, 1.807) is 0 Å². The molecule has 6 rings (SSSR count). The minimum absolute atomic E-state index is 0.809. The first-order valence-electron chi connectivity index (χ1n) is 14.3. The molecule has 41 heavy (non-hydrogen) atoms. The van der Waals surface area contributed by atoms with Crippen LogP contribution in [-0.2, 0) is 19.5 Å². The smallest absolute Gasteiger partial charge is 0.0544 e. The molecule has 0 saturated heterocycles. The van der Waals surface area contributed by atoms with Crippen LogP contribution in [0, 0.1) is 13.8 Å². The van der Waals surface area contributed by atoms with Crippen molar-refractivity contribution in [2.24, 2.45) is 0 Å². The number of anilines is 3. The number of aromatic nitrogens is 2. The third kappa shape index (κ3) is 6.40. The molecule has 0 atom stereocenters. The molecule has 4 heteroatoms. The second kappa shape index (κ2) is 12.2. The molecule has 204 valence electrons. The zero-order valence-corrected chi connectivity index (χ0v) is 23.8. The van der Waals surface area contributed by atoms with Gasteiger partial charge in [0.25, 0.3) is 0 Å². The first kappa shape index (κ1) is 26.5.